The molecule has 0 bridgehead atoms. The van der Waals surface area contributed by atoms with Crippen LogP contribution in [0, 0.1) is 0 Å². The molecular formula is C12H18O3. The van der Waals surface area contributed by atoms with Gasteiger partial charge >= 0.3 is 5.97 Å². The smallest absolute Gasteiger partial charge is 0.333 e. The maximum atomic E-state index is 10.6. The first-order valence-corrected chi connectivity index (χ1v) is 4.50. The van der Waals surface area contributed by atoms with E-state index >= 15 is 0 Å². The van der Waals surface area contributed by atoms with Crippen molar-refractivity contribution in [2.45, 2.75) is 26.9 Å². The van der Waals surface area contributed by atoms with Crippen LogP contribution >= 0.6 is 0 Å². The normalized spacial score (nSPS) is 8.27. The number of rotatable bonds is 4. The first kappa shape index (κ1) is 15.8. The van der Waals surface area contributed by atoms with Crippen molar-refractivity contribution < 1.29 is 14.3 Å². The van der Waals surface area contributed by atoms with Crippen LogP contribution < -0.4 is 0 Å². The maximum absolute atomic E-state index is 10.6. The molecule has 0 aliphatic heterocycles. The van der Waals surface area contributed by atoms with Crippen molar-refractivity contribution >= 4 is 11.8 Å². The SMILES string of the molecule is C=C(C)C(=O)OC(C)C.C=CC(=O)C=C. The van der Waals surface area contributed by atoms with Crippen LogP contribution in [-0.2, 0) is 14.3 Å². The van der Waals surface area contributed by atoms with Gasteiger partial charge in [-0.2, -0.15) is 0 Å². The third kappa shape index (κ3) is 12.4. The number of hydrogen-bond acceptors (Lipinski definition) is 3. The van der Waals surface area contributed by atoms with E-state index in [0.717, 1.165) is 0 Å². The van der Waals surface area contributed by atoms with Crippen molar-refractivity contribution in [3.05, 3.63) is 37.5 Å². The standard InChI is InChI=1S/C7H12O2.C5H6O/c1-5(2)7(8)9-6(3)4;1-3-5(6)4-2/h6H,1H2,2-4H3;3-4H,1-2H2. The Bertz CT molecular complexity index is 252. The fourth-order valence-corrected chi connectivity index (χ4v) is 0.398. The Morgan fingerprint density at radius 3 is 1.67 bits per heavy atom. The summed E-state index contributed by atoms with van der Waals surface area (Å²) in [4.78, 5) is 20.6. The Morgan fingerprint density at radius 1 is 1.20 bits per heavy atom. The lowest BCUT2D eigenvalue weighted by Gasteiger charge is -2.05. The molecule has 0 unspecified atom stereocenters. The molecule has 0 saturated carbocycles. The molecule has 0 spiro atoms. The molecule has 0 radical (unpaired) electrons. The summed E-state index contributed by atoms with van der Waals surface area (Å²) in [6.07, 6.45) is 2.38. The van der Waals surface area contributed by atoms with E-state index in [1.165, 1.54) is 12.2 Å². The van der Waals surface area contributed by atoms with E-state index in [0.29, 0.717) is 5.57 Å². The number of carbonyl (C=O) groups is 2. The van der Waals surface area contributed by atoms with Gasteiger partial charge in [-0.1, -0.05) is 19.7 Å². The predicted octanol–water partition coefficient (Wildman–Crippen LogP) is 2.44. The van der Waals surface area contributed by atoms with Gasteiger partial charge in [0.15, 0.2) is 5.78 Å². The third-order valence-corrected chi connectivity index (χ3v) is 1.09. The zero-order valence-electron chi connectivity index (χ0n) is 9.58. The van der Waals surface area contributed by atoms with Crippen molar-refractivity contribution in [2.75, 3.05) is 0 Å². The van der Waals surface area contributed by atoms with Crippen molar-refractivity contribution in [2.24, 2.45) is 0 Å². The lowest BCUT2D eigenvalue weighted by molar-refractivity contribution is -0.142. The summed E-state index contributed by atoms with van der Waals surface area (Å²) in [5.74, 6) is -0.444. The molecule has 0 heterocycles. The molecule has 3 heteroatoms. The first-order valence-electron chi connectivity index (χ1n) is 4.50. The summed E-state index contributed by atoms with van der Waals surface area (Å²) in [5.41, 5.74) is 0.448. The second kappa shape index (κ2) is 8.94. The Hall–Kier alpha value is -1.64. The van der Waals surface area contributed by atoms with Gasteiger partial charge in [-0.15, -0.1) is 0 Å². The van der Waals surface area contributed by atoms with Gasteiger partial charge in [0, 0.05) is 5.57 Å². The number of carbonyl (C=O) groups excluding carboxylic acids is 2. The van der Waals surface area contributed by atoms with Gasteiger partial charge in [0.25, 0.3) is 0 Å². The molecule has 0 fully saturated rings. The van der Waals surface area contributed by atoms with Gasteiger partial charge < -0.3 is 4.74 Å². The highest BCUT2D eigenvalue weighted by Crippen LogP contribution is 1.95. The summed E-state index contributed by atoms with van der Waals surface area (Å²) in [6, 6.07) is 0. The summed E-state index contributed by atoms with van der Waals surface area (Å²) >= 11 is 0. The van der Waals surface area contributed by atoms with E-state index in [4.69, 9.17) is 4.74 Å². The molecule has 15 heavy (non-hydrogen) atoms. The van der Waals surface area contributed by atoms with E-state index in [9.17, 15) is 9.59 Å². The maximum Gasteiger partial charge on any atom is 0.333 e. The van der Waals surface area contributed by atoms with E-state index in [1.807, 2.05) is 0 Å². The minimum Gasteiger partial charge on any atom is -0.460 e. The molecule has 0 atom stereocenters. The van der Waals surface area contributed by atoms with Gasteiger partial charge in [0.05, 0.1) is 6.10 Å². The van der Waals surface area contributed by atoms with E-state index in [-0.39, 0.29) is 17.9 Å². The van der Waals surface area contributed by atoms with Crippen LogP contribution in [0.1, 0.15) is 20.8 Å². The van der Waals surface area contributed by atoms with Gasteiger partial charge in [0.2, 0.25) is 0 Å². The lowest BCUT2D eigenvalue weighted by atomic mass is 10.3. The van der Waals surface area contributed by atoms with Crippen molar-refractivity contribution in [3.8, 4) is 0 Å². The molecule has 3 nitrogen and oxygen atoms in total. The molecule has 84 valence electrons. The second-order valence-electron chi connectivity index (χ2n) is 3.05. The molecule has 0 aliphatic carbocycles. The fraction of sp³-hybridized carbons (Fsp3) is 0.333. The van der Waals surface area contributed by atoms with Crippen LogP contribution in [0.3, 0.4) is 0 Å². The van der Waals surface area contributed by atoms with Crippen LogP contribution in [0.5, 0.6) is 0 Å². The molecule has 0 aliphatic rings. The Morgan fingerprint density at radius 2 is 1.60 bits per heavy atom. The topological polar surface area (TPSA) is 43.4 Å². The Balaban J connectivity index is 0. The van der Waals surface area contributed by atoms with Crippen LogP contribution in [-0.4, -0.2) is 17.9 Å². The second-order valence-corrected chi connectivity index (χ2v) is 3.05. The summed E-state index contributed by atoms with van der Waals surface area (Å²) in [7, 11) is 0. The molecular weight excluding hydrogens is 192 g/mol. The monoisotopic (exact) mass is 210 g/mol. The molecule has 0 aromatic carbocycles. The lowest BCUT2D eigenvalue weighted by Crippen LogP contribution is -2.11. The average molecular weight is 210 g/mol. The number of allylic oxidation sites excluding steroid dienone is 2. The highest BCUT2D eigenvalue weighted by molar-refractivity contribution is 5.98. The minimum absolute atomic E-state index is 0.0470. The largest absolute Gasteiger partial charge is 0.460 e. The number of ketones is 1. The van der Waals surface area contributed by atoms with Gasteiger partial charge in [0.1, 0.15) is 0 Å². The summed E-state index contributed by atoms with van der Waals surface area (Å²) < 4.78 is 4.77. The molecule has 0 rings (SSSR count). The predicted molar refractivity (Wildman–Crippen MR) is 61.4 cm³/mol. The summed E-state index contributed by atoms with van der Waals surface area (Å²) in [5, 5.41) is 0. The highest BCUT2D eigenvalue weighted by Gasteiger charge is 2.03. The van der Waals surface area contributed by atoms with Crippen LogP contribution in [0.25, 0.3) is 0 Å². The van der Waals surface area contributed by atoms with E-state index in [1.54, 1.807) is 20.8 Å². The molecule has 0 saturated heterocycles. The van der Waals surface area contributed by atoms with Crippen LogP contribution in [0.2, 0.25) is 0 Å². The molecule has 0 aromatic heterocycles. The van der Waals surface area contributed by atoms with Gasteiger partial charge in [-0.25, -0.2) is 4.79 Å². The number of ether oxygens (including phenoxy) is 1. The first-order chi connectivity index (χ1) is 6.84. The van der Waals surface area contributed by atoms with E-state index in [2.05, 4.69) is 19.7 Å². The van der Waals surface area contributed by atoms with Gasteiger partial charge in [-0.05, 0) is 32.9 Å². The zero-order valence-corrected chi connectivity index (χ0v) is 9.58. The Kier molecular flexibility index (Phi) is 9.42. The minimum atomic E-state index is -0.315. The molecule has 0 aromatic rings. The summed E-state index contributed by atoms with van der Waals surface area (Å²) in [6.45, 7) is 15.1. The van der Waals surface area contributed by atoms with Crippen LogP contribution in [0.15, 0.2) is 37.5 Å². The van der Waals surface area contributed by atoms with Crippen molar-refractivity contribution in [3.63, 3.8) is 0 Å². The van der Waals surface area contributed by atoms with Crippen molar-refractivity contribution in [1.82, 2.24) is 0 Å². The third-order valence-electron chi connectivity index (χ3n) is 1.09. The van der Waals surface area contributed by atoms with E-state index < -0.39 is 0 Å². The quantitative estimate of drug-likeness (QED) is 0.528. The van der Waals surface area contributed by atoms with Gasteiger partial charge in [-0.3, -0.25) is 4.79 Å². The van der Waals surface area contributed by atoms with Crippen molar-refractivity contribution in [1.29, 1.82) is 0 Å². The molecule has 0 amide bonds. The highest BCUT2D eigenvalue weighted by atomic mass is 16.5. The number of esters is 1. The zero-order chi connectivity index (χ0) is 12.4. The Labute approximate surface area is 91.1 Å². The number of hydrogen-bond donors (Lipinski definition) is 0. The fourth-order valence-electron chi connectivity index (χ4n) is 0.398. The van der Waals surface area contributed by atoms with Crippen LogP contribution in [0.4, 0.5) is 0 Å². The molecule has 0 N–H and O–H groups in total. The average Bonchev–Trinajstić information content (AvgIpc) is 2.16.